The van der Waals surface area contributed by atoms with Gasteiger partial charge < -0.3 is 9.72 Å². The van der Waals surface area contributed by atoms with Crippen LogP contribution in [-0.4, -0.2) is 54.9 Å². The van der Waals surface area contributed by atoms with Gasteiger partial charge in [-0.05, 0) is 30.7 Å². The summed E-state index contributed by atoms with van der Waals surface area (Å²) in [4.78, 5) is 20.7. The lowest BCUT2D eigenvalue weighted by Crippen LogP contribution is -2.40. The van der Waals surface area contributed by atoms with Gasteiger partial charge in [0, 0.05) is 30.6 Å². The number of rotatable bonds is 6. The van der Waals surface area contributed by atoms with Gasteiger partial charge in [-0.1, -0.05) is 12.1 Å². The zero-order valence-electron chi connectivity index (χ0n) is 16.7. The number of carbonyl (C=O) groups is 1. The number of halogens is 1. The van der Waals surface area contributed by atoms with Crippen molar-refractivity contribution in [3.63, 3.8) is 0 Å². The molecule has 31 heavy (non-hydrogen) atoms. The van der Waals surface area contributed by atoms with Crippen LogP contribution in [0.15, 0.2) is 41.4 Å². The Balaban J connectivity index is 1.45. The average molecular weight is 465 g/mol. The molecule has 2 aromatic heterocycles. The lowest BCUT2D eigenvalue weighted by atomic mass is 10.1. The molecule has 0 unspecified atom stereocenters. The number of benzene rings is 1. The van der Waals surface area contributed by atoms with Crippen molar-refractivity contribution in [1.29, 1.82) is 0 Å². The number of anilines is 1. The topological polar surface area (TPSA) is 104 Å². The lowest BCUT2D eigenvalue weighted by molar-refractivity contribution is 0.0730. The Morgan fingerprint density at radius 2 is 2.00 bits per heavy atom. The third kappa shape index (κ3) is 4.85. The number of aromatic amines is 1. The average Bonchev–Trinajstić information content (AvgIpc) is 3.38. The molecule has 1 aromatic carbocycles. The minimum absolute atomic E-state index is 0.0341. The normalized spacial score (nSPS) is 15.2. The molecule has 1 amide bonds. The summed E-state index contributed by atoms with van der Waals surface area (Å²) < 4.78 is 45.0. The number of nitrogens with zero attached hydrogens (tertiary/aromatic N) is 2. The van der Waals surface area contributed by atoms with Gasteiger partial charge in [0.2, 0.25) is 10.0 Å². The van der Waals surface area contributed by atoms with E-state index in [4.69, 9.17) is 4.74 Å². The van der Waals surface area contributed by atoms with Crippen LogP contribution in [0.25, 0.3) is 0 Å². The van der Waals surface area contributed by atoms with E-state index in [2.05, 4.69) is 15.3 Å². The van der Waals surface area contributed by atoms with Crippen molar-refractivity contribution in [2.24, 2.45) is 0 Å². The number of aryl methyl sites for hydroxylation is 1. The summed E-state index contributed by atoms with van der Waals surface area (Å²) in [5, 5.41) is 3.12. The molecule has 4 rings (SSSR count). The molecule has 8 nitrogen and oxygen atoms in total. The summed E-state index contributed by atoms with van der Waals surface area (Å²) in [5.41, 5.74) is 1.83. The van der Waals surface area contributed by atoms with Gasteiger partial charge in [-0.2, -0.15) is 4.31 Å². The Labute approximate surface area is 183 Å². The zero-order chi connectivity index (χ0) is 22.0. The number of nitrogens with one attached hydrogen (secondary N) is 2. The smallest absolute Gasteiger partial charge is 0.273 e. The predicted octanol–water partition coefficient (Wildman–Crippen LogP) is 2.78. The van der Waals surface area contributed by atoms with E-state index in [1.807, 2.05) is 6.92 Å². The van der Waals surface area contributed by atoms with Crippen LogP contribution in [0.4, 0.5) is 9.52 Å². The van der Waals surface area contributed by atoms with Crippen molar-refractivity contribution in [2.75, 3.05) is 31.6 Å². The quantitative estimate of drug-likeness (QED) is 0.584. The number of carbonyl (C=O) groups excluding carboxylic acids is 1. The van der Waals surface area contributed by atoms with Gasteiger partial charge in [-0.3, -0.25) is 10.1 Å². The van der Waals surface area contributed by atoms with E-state index < -0.39 is 15.9 Å². The van der Waals surface area contributed by atoms with E-state index >= 15 is 0 Å². The fraction of sp³-hybridized carbons (Fsp3) is 0.300. The summed E-state index contributed by atoms with van der Waals surface area (Å²) in [6.45, 7) is 3.10. The Morgan fingerprint density at radius 3 is 2.71 bits per heavy atom. The van der Waals surface area contributed by atoms with E-state index in [1.54, 1.807) is 12.1 Å². The highest BCUT2D eigenvalue weighted by atomic mass is 32.2. The van der Waals surface area contributed by atoms with E-state index in [0.717, 1.165) is 16.1 Å². The zero-order valence-corrected chi connectivity index (χ0v) is 18.4. The van der Waals surface area contributed by atoms with Crippen molar-refractivity contribution in [3.8, 4) is 0 Å². The molecule has 1 fully saturated rings. The minimum Gasteiger partial charge on any atom is -0.379 e. The molecule has 1 aliphatic heterocycles. The molecule has 0 bridgehead atoms. The van der Waals surface area contributed by atoms with E-state index in [-0.39, 0.29) is 29.5 Å². The standard InChI is InChI=1S/C20H21FN4O4S2/c1-13-18(10-14-2-4-15(21)5-3-14)30-20(23-13)24-19(26)17-11-16(12-22-17)31(27,28)25-6-8-29-9-7-25/h2-5,11-12,22H,6-10H2,1H3,(H,23,24,26). The van der Waals surface area contributed by atoms with Crippen molar-refractivity contribution < 1.29 is 22.3 Å². The Hall–Kier alpha value is -2.60. The van der Waals surface area contributed by atoms with Crippen LogP contribution in [-0.2, 0) is 21.2 Å². The van der Waals surface area contributed by atoms with Crippen molar-refractivity contribution in [2.45, 2.75) is 18.2 Å². The van der Waals surface area contributed by atoms with Crippen molar-refractivity contribution in [1.82, 2.24) is 14.3 Å². The fourth-order valence-electron chi connectivity index (χ4n) is 3.19. The lowest BCUT2D eigenvalue weighted by Gasteiger charge is -2.25. The number of thiazole rings is 1. The molecular formula is C20H21FN4O4S2. The predicted molar refractivity (Wildman–Crippen MR) is 114 cm³/mol. The van der Waals surface area contributed by atoms with Crippen LogP contribution in [0, 0.1) is 12.7 Å². The summed E-state index contributed by atoms with van der Waals surface area (Å²) >= 11 is 1.33. The first kappa shape index (κ1) is 21.6. The van der Waals surface area contributed by atoms with Gasteiger partial charge in [0.05, 0.1) is 18.9 Å². The molecule has 0 aliphatic carbocycles. The van der Waals surface area contributed by atoms with E-state index in [1.165, 1.54) is 40.0 Å². The molecule has 11 heteroatoms. The van der Waals surface area contributed by atoms with Gasteiger partial charge in [0.15, 0.2) is 5.13 Å². The molecule has 3 heterocycles. The number of sulfonamides is 1. The van der Waals surface area contributed by atoms with Crippen LogP contribution < -0.4 is 5.32 Å². The van der Waals surface area contributed by atoms with E-state index in [0.29, 0.717) is 24.8 Å². The highest BCUT2D eigenvalue weighted by Crippen LogP contribution is 2.26. The molecule has 0 saturated carbocycles. The van der Waals surface area contributed by atoms with Gasteiger partial charge in [0.25, 0.3) is 5.91 Å². The Bertz CT molecular complexity index is 1180. The first-order valence-electron chi connectivity index (χ1n) is 9.61. The van der Waals surface area contributed by atoms with Crippen LogP contribution in [0.2, 0.25) is 0 Å². The van der Waals surface area contributed by atoms with Gasteiger partial charge in [-0.25, -0.2) is 17.8 Å². The summed E-state index contributed by atoms with van der Waals surface area (Å²) in [6, 6.07) is 7.55. The van der Waals surface area contributed by atoms with Gasteiger partial charge >= 0.3 is 0 Å². The van der Waals surface area contributed by atoms with Crippen LogP contribution in [0.3, 0.4) is 0 Å². The number of aromatic nitrogens is 2. The number of hydrogen-bond donors (Lipinski definition) is 2. The Kier molecular flexibility index (Phi) is 6.19. The number of morpholine rings is 1. The highest BCUT2D eigenvalue weighted by Gasteiger charge is 2.28. The molecule has 0 atom stereocenters. The van der Waals surface area contributed by atoms with Crippen molar-refractivity contribution in [3.05, 3.63) is 64.2 Å². The maximum absolute atomic E-state index is 13.1. The second-order valence-electron chi connectivity index (χ2n) is 7.05. The number of ether oxygens (including phenoxy) is 1. The number of H-pyrrole nitrogens is 1. The maximum Gasteiger partial charge on any atom is 0.273 e. The summed E-state index contributed by atoms with van der Waals surface area (Å²) in [5.74, 6) is -0.774. The van der Waals surface area contributed by atoms with Gasteiger partial charge in [0.1, 0.15) is 16.4 Å². The van der Waals surface area contributed by atoms with Crippen LogP contribution in [0.5, 0.6) is 0 Å². The fourth-order valence-corrected chi connectivity index (χ4v) is 5.58. The second kappa shape index (κ2) is 8.87. The van der Waals surface area contributed by atoms with Crippen LogP contribution >= 0.6 is 11.3 Å². The molecule has 2 N–H and O–H groups in total. The SMILES string of the molecule is Cc1nc(NC(=O)c2cc(S(=O)(=O)N3CCOCC3)c[nH]2)sc1Cc1ccc(F)cc1. The molecule has 1 aliphatic rings. The van der Waals surface area contributed by atoms with Crippen LogP contribution in [0.1, 0.15) is 26.6 Å². The minimum atomic E-state index is -3.69. The first-order chi connectivity index (χ1) is 14.8. The molecule has 164 valence electrons. The summed E-state index contributed by atoms with van der Waals surface area (Å²) in [6.07, 6.45) is 1.89. The molecule has 0 spiro atoms. The molecule has 3 aromatic rings. The highest BCUT2D eigenvalue weighted by molar-refractivity contribution is 7.89. The second-order valence-corrected chi connectivity index (χ2v) is 10.1. The summed E-state index contributed by atoms with van der Waals surface area (Å²) in [7, 11) is -3.69. The van der Waals surface area contributed by atoms with Crippen molar-refractivity contribution >= 4 is 32.4 Å². The Morgan fingerprint density at radius 1 is 1.29 bits per heavy atom. The molecular weight excluding hydrogens is 443 g/mol. The van der Waals surface area contributed by atoms with Gasteiger partial charge in [-0.15, -0.1) is 11.3 Å². The molecule has 1 saturated heterocycles. The third-order valence-corrected chi connectivity index (χ3v) is 7.85. The first-order valence-corrected chi connectivity index (χ1v) is 11.9. The maximum atomic E-state index is 13.1. The third-order valence-electron chi connectivity index (χ3n) is 4.90. The number of amides is 1. The largest absolute Gasteiger partial charge is 0.379 e. The van der Waals surface area contributed by atoms with E-state index in [9.17, 15) is 17.6 Å². The number of hydrogen-bond acceptors (Lipinski definition) is 6. The monoisotopic (exact) mass is 464 g/mol. The molecule has 0 radical (unpaired) electrons.